The summed E-state index contributed by atoms with van der Waals surface area (Å²) in [5.74, 6) is -3.48. The number of benzene rings is 2. The fraction of sp³-hybridized carbons (Fsp3) is 0.286. The molecule has 3 rings (SSSR count). The summed E-state index contributed by atoms with van der Waals surface area (Å²) in [6.45, 7) is 0. The Hall–Kier alpha value is -2.86. The molecule has 2 N–H and O–H groups in total. The molecule has 2 amide bonds. The Kier molecular flexibility index (Phi) is 6.31. The molecule has 146 valence electrons. The van der Waals surface area contributed by atoms with Crippen molar-refractivity contribution in [1.82, 2.24) is 0 Å². The standard InChI is InChI=1S/C21H21ClN2O4/c22-13-6-5-7-14(12-13)23-20(26)17-10-3-4-11-18(17)24-19(25)15-8-1-2-9-16(15)21(27)28/h3-7,10-12,15-16H,1-2,8-9H2,(H,23,26)(H,24,25)(H,27,28)/p-1/t15-,16+/m0/s1. The number of hydrogen-bond donors (Lipinski definition) is 2. The lowest BCUT2D eigenvalue weighted by atomic mass is 9.78. The van der Waals surface area contributed by atoms with E-state index < -0.39 is 29.6 Å². The normalized spacial score (nSPS) is 18.9. The van der Waals surface area contributed by atoms with Crippen molar-refractivity contribution in [2.45, 2.75) is 25.7 Å². The van der Waals surface area contributed by atoms with Gasteiger partial charge in [0.1, 0.15) is 0 Å². The highest BCUT2D eigenvalue weighted by Gasteiger charge is 2.32. The number of nitrogens with one attached hydrogen (secondary N) is 2. The molecule has 0 saturated heterocycles. The molecule has 2 aromatic carbocycles. The lowest BCUT2D eigenvalue weighted by Gasteiger charge is -2.31. The number of para-hydroxylation sites is 1. The third-order valence-corrected chi connectivity index (χ3v) is 5.15. The molecular formula is C21H20ClN2O4-. The van der Waals surface area contributed by atoms with Gasteiger partial charge in [0.25, 0.3) is 5.91 Å². The van der Waals surface area contributed by atoms with Gasteiger partial charge in [0.05, 0.1) is 11.3 Å². The van der Waals surface area contributed by atoms with Crippen LogP contribution in [0.3, 0.4) is 0 Å². The van der Waals surface area contributed by atoms with Gasteiger partial charge in [-0.25, -0.2) is 0 Å². The molecule has 2 atom stereocenters. The van der Waals surface area contributed by atoms with Crippen molar-refractivity contribution >= 4 is 40.8 Å². The Morgan fingerprint density at radius 1 is 0.929 bits per heavy atom. The summed E-state index contributed by atoms with van der Waals surface area (Å²) in [5.41, 5.74) is 1.13. The Bertz CT molecular complexity index is 899. The number of amides is 2. The van der Waals surface area contributed by atoms with Gasteiger partial charge in [-0.15, -0.1) is 0 Å². The molecule has 1 saturated carbocycles. The molecule has 6 nitrogen and oxygen atoms in total. The number of carbonyl (C=O) groups excluding carboxylic acids is 3. The minimum Gasteiger partial charge on any atom is -0.550 e. The smallest absolute Gasteiger partial charge is 0.257 e. The fourth-order valence-electron chi connectivity index (χ4n) is 3.51. The second-order valence-electron chi connectivity index (χ2n) is 6.82. The van der Waals surface area contributed by atoms with Gasteiger partial charge >= 0.3 is 0 Å². The van der Waals surface area contributed by atoms with Gasteiger partial charge in [-0.2, -0.15) is 0 Å². The fourth-order valence-corrected chi connectivity index (χ4v) is 3.70. The maximum atomic E-state index is 12.7. The van der Waals surface area contributed by atoms with Crippen molar-refractivity contribution in [1.29, 1.82) is 0 Å². The first-order valence-corrected chi connectivity index (χ1v) is 9.51. The predicted octanol–water partition coefficient (Wildman–Crippen LogP) is 3.09. The van der Waals surface area contributed by atoms with Crippen molar-refractivity contribution in [3.8, 4) is 0 Å². The third kappa shape index (κ3) is 4.70. The molecule has 0 aromatic heterocycles. The van der Waals surface area contributed by atoms with E-state index in [0.717, 1.165) is 12.8 Å². The first-order chi connectivity index (χ1) is 13.5. The van der Waals surface area contributed by atoms with Crippen LogP contribution in [0.25, 0.3) is 0 Å². The van der Waals surface area contributed by atoms with Crippen LogP contribution in [-0.4, -0.2) is 17.8 Å². The van der Waals surface area contributed by atoms with E-state index in [2.05, 4.69) is 10.6 Å². The zero-order valence-electron chi connectivity index (χ0n) is 15.1. The molecule has 7 heteroatoms. The summed E-state index contributed by atoms with van der Waals surface area (Å²) in [7, 11) is 0. The van der Waals surface area contributed by atoms with Gasteiger partial charge in [-0.1, -0.05) is 42.6 Å². The highest BCUT2D eigenvalue weighted by Crippen LogP contribution is 2.31. The lowest BCUT2D eigenvalue weighted by Crippen LogP contribution is -2.42. The van der Waals surface area contributed by atoms with E-state index in [9.17, 15) is 19.5 Å². The number of aliphatic carboxylic acids is 1. The monoisotopic (exact) mass is 399 g/mol. The molecule has 1 aliphatic carbocycles. The van der Waals surface area contributed by atoms with Crippen LogP contribution in [0, 0.1) is 11.8 Å². The number of anilines is 2. The number of rotatable bonds is 5. The Morgan fingerprint density at radius 3 is 2.36 bits per heavy atom. The van der Waals surface area contributed by atoms with Crippen LogP contribution >= 0.6 is 11.6 Å². The molecule has 0 spiro atoms. The highest BCUT2D eigenvalue weighted by molar-refractivity contribution is 6.31. The minimum absolute atomic E-state index is 0.275. The number of carbonyl (C=O) groups is 3. The van der Waals surface area contributed by atoms with Crippen LogP contribution in [-0.2, 0) is 9.59 Å². The summed E-state index contributed by atoms with van der Waals surface area (Å²) in [4.78, 5) is 36.7. The zero-order chi connectivity index (χ0) is 20.1. The molecule has 0 aliphatic heterocycles. The van der Waals surface area contributed by atoms with Crippen molar-refractivity contribution < 1.29 is 19.5 Å². The van der Waals surface area contributed by atoms with Gasteiger partial charge < -0.3 is 20.5 Å². The van der Waals surface area contributed by atoms with Gasteiger partial charge in [0.2, 0.25) is 5.91 Å². The predicted molar refractivity (Wildman–Crippen MR) is 105 cm³/mol. The molecule has 2 aromatic rings. The second kappa shape index (κ2) is 8.89. The number of carboxylic acid groups (broad SMARTS) is 1. The van der Waals surface area contributed by atoms with E-state index in [-0.39, 0.29) is 5.56 Å². The summed E-state index contributed by atoms with van der Waals surface area (Å²) < 4.78 is 0. The van der Waals surface area contributed by atoms with Crippen molar-refractivity contribution in [3.63, 3.8) is 0 Å². The third-order valence-electron chi connectivity index (χ3n) is 4.92. The SMILES string of the molecule is O=C(Nc1cccc(Cl)c1)c1ccccc1NC(=O)[C@H]1CCCC[C@H]1C(=O)[O-]. The van der Waals surface area contributed by atoms with E-state index in [1.165, 1.54) is 0 Å². The quantitative estimate of drug-likeness (QED) is 0.807. The highest BCUT2D eigenvalue weighted by atomic mass is 35.5. The van der Waals surface area contributed by atoms with Crippen molar-refractivity contribution in [2.24, 2.45) is 11.8 Å². The lowest BCUT2D eigenvalue weighted by molar-refractivity contribution is -0.313. The zero-order valence-corrected chi connectivity index (χ0v) is 15.9. The number of carboxylic acids is 1. The summed E-state index contributed by atoms with van der Waals surface area (Å²) in [6, 6.07) is 13.3. The van der Waals surface area contributed by atoms with E-state index in [4.69, 9.17) is 11.6 Å². The van der Waals surface area contributed by atoms with E-state index in [0.29, 0.717) is 29.2 Å². The second-order valence-corrected chi connectivity index (χ2v) is 7.25. The summed E-state index contributed by atoms with van der Waals surface area (Å²) >= 11 is 5.94. The van der Waals surface area contributed by atoms with Crippen LogP contribution in [0.1, 0.15) is 36.0 Å². The van der Waals surface area contributed by atoms with Crippen LogP contribution in [0.5, 0.6) is 0 Å². The van der Waals surface area contributed by atoms with Gasteiger partial charge in [0, 0.05) is 28.5 Å². The molecule has 0 bridgehead atoms. The largest absolute Gasteiger partial charge is 0.550 e. The maximum absolute atomic E-state index is 12.7. The van der Waals surface area contributed by atoms with E-state index in [1.807, 2.05) is 0 Å². The molecule has 28 heavy (non-hydrogen) atoms. The first-order valence-electron chi connectivity index (χ1n) is 9.13. The number of hydrogen-bond acceptors (Lipinski definition) is 4. The topological polar surface area (TPSA) is 98.3 Å². The average molecular weight is 400 g/mol. The maximum Gasteiger partial charge on any atom is 0.257 e. The van der Waals surface area contributed by atoms with Crippen molar-refractivity contribution in [2.75, 3.05) is 10.6 Å². The molecule has 1 aliphatic rings. The van der Waals surface area contributed by atoms with Gasteiger partial charge in [0.15, 0.2) is 0 Å². The van der Waals surface area contributed by atoms with Crippen LogP contribution in [0.2, 0.25) is 5.02 Å². The summed E-state index contributed by atoms with van der Waals surface area (Å²) in [6.07, 6.45) is 2.47. The van der Waals surface area contributed by atoms with E-state index in [1.54, 1.807) is 48.5 Å². The Morgan fingerprint density at radius 2 is 1.64 bits per heavy atom. The van der Waals surface area contributed by atoms with Gasteiger partial charge in [-0.3, -0.25) is 9.59 Å². The first kappa shape index (κ1) is 19.9. The van der Waals surface area contributed by atoms with Crippen LogP contribution in [0.15, 0.2) is 48.5 Å². The number of halogens is 1. The van der Waals surface area contributed by atoms with Crippen LogP contribution in [0.4, 0.5) is 11.4 Å². The Labute approximate surface area is 167 Å². The van der Waals surface area contributed by atoms with Crippen molar-refractivity contribution in [3.05, 3.63) is 59.1 Å². The average Bonchev–Trinajstić information content (AvgIpc) is 2.68. The molecule has 1 fully saturated rings. The minimum atomic E-state index is -1.20. The molecular weight excluding hydrogens is 380 g/mol. The van der Waals surface area contributed by atoms with E-state index >= 15 is 0 Å². The Balaban J connectivity index is 1.77. The molecule has 0 unspecified atom stereocenters. The van der Waals surface area contributed by atoms with Crippen LogP contribution < -0.4 is 15.7 Å². The summed E-state index contributed by atoms with van der Waals surface area (Å²) in [5, 5.41) is 17.3. The van der Waals surface area contributed by atoms with Gasteiger partial charge in [-0.05, 0) is 43.2 Å². The molecule has 0 heterocycles. The molecule has 0 radical (unpaired) electrons.